The Hall–Kier alpha value is -0.700. The van der Waals surface area contributed by atoms with Crippen LogP contribution in [0, 0.1) is 0 Å². The van der Waals surface area contributed by atoms with Gasteiger partial charge in [0.2, 0.25) is 0 Å². The minimum Gasteiger partial charge on any atom is -0.469 e. The highest BCUT2D eigenvalue weighted by molar-refractivity contribution is 7.87. The summed E-state index contributed by atoms with van der Waals surface area (Å²) in [4.78, 5) is 11.1. The molecule has 0 heterocycles. The molecule has 0 aliphatic heterocycles. The largest absolute Gasteiger partial charge is 0.469 e. The first-order chi connectivity index (χ1) is 8.62. The third-order valence-electron chi connectivity index (χ3n) is 2.11. The molecule has 0 aromatic rings. The zero-order valence-corrected chi connectivity index (χ0v) is 13.0. The number of hydrogen-bond donors (Lipinski definition) is 1. The van der Waals surface area contributed by atoms with E-state index in [1.165, 1.54) is 18.5 Å². The third kappa shape index (κ3) is 8.14. The lowest BCUT2D eigenvalue weighted by molar-refractivity contribution is -0.140. The molecule has 0 saturated carbocycles. The smallest absolute Gasteiger partial charge is 0.306 e. The summed E-state index contributed by atoms with van der Waals surface area (Å²) >= 11 is 0. The zero-order valence-electron chi connectivity index (χ0n) is 12.2. The van der Waals surface area contributed by atoms with Crippen molar-refractivity contribution in [2.75, 3.05) is 33.9 Å². The molecular weight excluding hydrogens is 272 g/mol. The fourth-order valence-corrected chi connectivity index (χ4v) is 2.86. The summed E-state index contributed by atoms with van der Waals surface area (Å²) in [6.45, 7) is 5.74. The molecule has 0 aliphatic carbocycles. The van der Waals surface area contributed by atoms with E-state index in [9.17, 15) is 13.2 Å². The number of methoxy groups -OCH3 is 2. The maximum atomic E-state index is 12.2. The highest BCUT2D eigenvalue weighted by Crippen LogP contribution is 2.07. The molecule has 0 aromatic heterocycles. The van der Waals surface area contributed by atoms with Crippen LogP contribution in [0.2, 0.25) is 0 Å². The van der Waals surface area contributed by atoms with Gasteiger partial charge in [-0.05, 0) is 20.8 Å². The SMILES string of the molecule is COCCN(CCC(=O)OC)S(=O)(=O)NC(C)(C)C. The number of ether oxygens (including phenoxy) is 2. The van der Waals surface area contributed by atoms with Gasteiger partial charge in [0.25, 0.3) is 10.2 Å². The molecule has 0 rings (SSSR count). The van der Waals surface area contributed by atoms with E-state index in [4.69, 9.17) is 4.74 Å². The van der Waals surface area contributed by atoms with E-state index in [0.29, 0.717) is 0 Å². The first kappa shape index (κ1) is 18.3. The number of esters is 1. The van der Waals surface area contributed by atoms with Crippen LogP contribution in [0.3, 0.4) is 0 Å². The molecule has 0 aromatic carbocycles. The Balaban J connectivity index is 4.76. The Labute approximate surface area is 115 Å². The van der Waals surface area contributed by atoms with E-state index in [1.807, 2.05) is 0 Å². The van der Waals surface area contributed by atoms with Gasteiger partial charge in [0.15, 0.2) is 0 Å². The van der Waals surface area contributed by atoms with Gasteiger partial charge < -0.3 is 9.47 Å². The van der Waals surface area contributed by atoms with E-state index < -0.39 is 21.7 Å². The minimum absolute atomic E-state index is 0.00523. The molecule has 7 nitrogen and oxygen atoms in total. The van der Waals surface area contributed by atoms with Crippen LogP contribution < -0.4 is 4.72 Å². The van der Waals surface area contributed by atoms with Gasteiger partial charge in [-0.25, -0.2) is 0 Å². The van der Waals surface area contributed by atoms with Crippen LogP contribution in [0.5, 0.6) is 0 Å². The van der Waals surface area contributed by atoms with Crippen LogP contribution in [0.15, 0.2) is 0 Å². The first-order valence-corrected chi connectivity index (χ1v) is 7.41. The number of rotatable bonds is 8. The van der Waals surface area contributed by atoms with Gasteiger partial charge in [-0.2, -0.15) is 17.4 Å². The van der Waals surface area contributed by atoms with Gasteiger partial charge in [0.05, 0.1) is 20.1 Å². The predicted octanol–water partition coefficient (Wildman–Crippen LogP) is 0.131. The van der Waals surface area contributed by atoms with Crippen LogP contribution in [-0.2, 0) is 24.5 Å². The summed E-state index contributed by atoms with van der Waals surface area (Å²) in [7, 11) is -0.905. The van der Waals surface area contributed by atoms with Crippen LogP contribution in [0.25, 0.3) is 0 Å². The van der Waals surface area contributed by atoms with Crippen molar-refractivity contribution in [2.24, 2.45) is 0 Å². The van der Waals surface area contributed by atoms with E-state index in [-0.39, 0.29) is 26.1 Å². The van der Waals surface area contributed by atoms with Crippen molar-refractivity contribution in [3.05, 3.63) is 0 Å². The quantitative estimate of drug-likeness (QED) is 0.644. The molecule has 0 aliphatic rings. The molecule has 19 heavy (non-hydrogen) atoms. The van der Waals surface area contributed by atoms with Crippen molar-refractivity contribution in [1.29, 1.82) is 0 Å². The Morgan fingerprint density at radius 2 is 1.79 bits per heavy atom. The molecule has 0 radical (unpaired) electrons. The van der Waals surface area contributed by atoms with E-state index >= 15 is 0 Å². The average molecular weight is 296 g/mol. The standard InChI is InChI=1S/C11H24N2O5S/c1-11(2,3)12-19(15,16)13(8-9-17-4)7-6-10(14)18-5/h12H,6-9H2,1-5H3. The number of hydrogen-bond acceptors (Lipinski definition) is 5. The molecule has 0 unspecified atom stereocenters. The van der Waals surface area contributed by atoms with Crippen molar-refractivity contribution < 1.29 is 22.7 Å². The fourth-order valence-electron chi connectivity index (χ4n) is 1.31. The minimum atomic E-state index is -3.66. The number of nitrogens with one attached hydrogen (secondary N) is 1. The molecular formula is C11H24N2O5S. The summed E-state index contributed by atoms with van der Waals surface area (Å²) in [6.07, 6.45) is 0.00523. The van der Waals surface area contributed by atoms with Gasteiger partial charge in [-0.3, -0.25) is 4.79 Å². The molecule has 114 valence electrons. The highest BCUT2D eigenvalue weighted by Gasteiger charge is 2.27. The van der Waals surface area contributed by atoms with Crippen molar-refractivity contribution in [2.45, 2.75) is 32.7 Å². The third-order valence-corrected chi connectivity index (χ3v) is 4.03. The van der Waals surface area contributed by atoms with E-state index in [2.05, 4.69) is 9.46 Å². The topological polar surface area (TPSA) is 84.9 Å². The maximum Gasteiger partial charge on any atom is 0.306 e. The van der Waals surface area contributed by atoms with Crippen LogP contribution in [0.4, 0.5) is 0 Å². The van der Waals surface area contributed by atoms with Crippen molar-refractivity contribution in [3.63, 3.8) is 0 Å². The van der Waals surface area contributed by atoms with Gasteiger partial charge >= 0.3 is 5.97 Å². The molecule has 0 fully saturated rings. The van der Waals surface area contributed by atoms with Crippen LogP contribution in [0.1, 0.15) is 27.2 Å². The summed E-state index contributed by atoms with van der Waals surface area (Å²) in [6, 6.07) is 0. The molecule has 0 atom stereocenters. The summed E-state index contributed by atoms with van der Waals surface area (Å²) in [5, 5.41) is 0. The molecule has 0 saturated heterocycles. The van der Waals surface area contributed by atoms with Gasteiger partial charge in [0.1, 0.15) is 0 Å². The lowest BCUT2D eigenvalue weighted by Gasteiger charge is -2.27. The predicted molar refractivity (Wildman–Crippen MR) is 71.9 cm³/mol. The second kappa shape index (κ2) is 7.78. The number of carbonyl (C=O) groups excluding carboxylic acids is 1. The van der Waals surface area contributed by atoms with Gasteiger partial charge in [0, 0.05) is 25.7 Å². The average Bonchev–Trinajstić information content (AvgIpc) is 2.24. The van der Waals surface area contributed by atoms with Gasteiger partial charge in [-0.15, -0.1) is 0 Å². The van der Waals surface area contributed by atoms with E-state index in [1.54, 1.807) is 20.8 Å². The Morgan fingerprint density at radius 3 is 2.21 bits per heavy atom. The van der Waals surface area contributed by atoms with Crippen LogP contribution >= 0.6 is 0 Å². The normalized spacial score (nSPS) is 12.7. The Kier molecular flexibility index (Phi) is 7.50. The van der Waals surface area contributed by atoms with Crippen molar-refractivity contribution in [1.82, 2.24) is 9.03 Å². The fraction of sp³-hybridized carbons (Fsp3) is 0.909. The zero-order chi connectivity index (χ0) is 15.1. The number of carbonyl (C=O) groups is 1. The maximum absolute atomic E-state index is 12.2. The van der Waals surface area contributed by atoms with Crippen molar-refractivity contribution >= 4 is 16.2 Å². The van der Waals surface area contributed by atoms with Crippen LogP contribution in [-0.4, -0.2) is 58.1 Å². The monoisotopic (exact) mass is 296 g/mol. The molecule has 0 amide bonds. The highest BCUT2D eigenvalue weighted by atomic mass is 32.2. The summed E-state index contributed by atoms with van der Waals surface area (Å²) in [5.74, 6) is -0.451. The molecule has 0 bridgehead atoms. The van der Waals surface area contributed by atoms with Gasteiger partial charge in [-0.1, -0.05) is 0 Å². The lowest BCUT2D eigenvalue weighted by Crippen LogP contribution is -2.50. The second-order valence-corrected chi connectivity index (χ2v) is 6.75. The lowest BCUT2D eigenvalue weighted by atomic mass is 10.1. The molecule has 8 heteroatoms. The second-order valence-electron chi connectivity index (χ2n) is 5.08. The Bertz CT molecular complexity index is 375. The number of nitrogens with zero attached hydrogens (tertiary/aromatic N) is 1. The summed E-state index contributed by atoms with van der Waals surface area (Å²) in [5.41, 5.74) is -0.588. The summed E-state index contributed by atoms with van der Waals surface area (Å²) < 4.78 is 37.4. The molecule has 0 spiro atoms. The van der Waals surface area contributed by atoms with Crippen molar-refractivity contribution in [3.8, 4) is 0 Å². The van der Waals surface area contributed by atoms with E-state index in [0.717, 1.165) is 0 Å². The first-order valence-electron chi connectivity index (χ1n) is 5.97. The molecule has 1 N–H and O–H groups in total. The Morgan fingerprint density at radius 1 is 1.21 bits per heavy atom.